The second-order valence-electron chi connectivity index (χ2n) is 14.7. The van der Waals surface area contributed by atoms with E-state index in [0.29, 0.717) is 49.7 Å². The molecule has 2 aliphatic heterocycles. The molecule has 2 N–H and O–H groups in total. The second-order valence-corrected chi connectivity index (χ2v) is 14.7. The van der Waals surface area contributed by atoms with E-state index in [1.807, 2.05) is 11.8 Å². The molecule has 2 saturated carbocycles. The Kier molecular flexibility index (Phi) is 11.5. The number of nitrogens with zero attached hydrogens (tertiary/aromatic N) is 5. The van der Waals surface area contributed by atoms with Crippen LogP contribution in [0.5, 0.6) is 0 Å². The lowest BCUT2D eigenvalue weighted by atomic mass is 9.86. The predicted octanol–water partition coefficient (Wildman–Crippen LogP) is 7.62. The van der Waals surface area contributed by atoms with E-state index in [1.54, 1.807) is 0 Å². The van der Waals surface area contributed by atoms with Crippen LogP contribution in [-0.2, 0) is 11.0 Å². The summed E-state index contributed by atoms with van der Waals surface area (Å²) in [6, 6.07) is 7.29. The number of amides is 1. The number of anilines is 3. The van der Waals surface area contributed by atoms with Crippen LogP contribution in [0.25, 0.3) is 0 Å². The number of hydrogen-bond donors (Lipinski definition) is 2. The zero-order chi connectivity index (χ0) is 33.7. The molecule has 0 unspecified atom stereocenters. The standard InChI is InChI=1S/C37H54F3N7O/c1-3-18-47(34(48)12-7-26-5-6-26)19-4-17-41-35-32(37(38,39)40)25-42-36(44-35)43-33-11-10-29(24-31(33)28-8-9-28)27-13-22-46(23-14-27)30-15-20-45(2)21-16-30/h10-11,24-28,30H,3-9,12-23H2,1-2H3,(H2,41,42,43,44). The molecule has 2 aliphatic carbocycles. The van der Waals surface area contributed by atoms with Crippen LogP contribution in [-0.4, -0.2) is 89.5 Å². The minimum absolute atomic E-state index is 0.142. The zero-order valence-electron chi connectivity index (χ0n) is 28.8. The Hall–Kier alpha value is -2.92. The topological polar surface area (TPSA) is 76.6 Å². The third-order valence-corrected chi connectivity index (χ3v) is 10.8. The summed E-state index contributed by atoms with van der Waals surface area (Å²) in [5.74, 6) is 1.73. The summed E-state index contributed by atoms with van der Waals surface area (Å²) in [4.78, 5) is 28.1. The van der Waals surface area contributed by atoms with Gasteiger partial charge in [0.25, 0.3) is 0 Å². The minimum Gasteiger partial charge on any atom is -0.369 e. The molecule has 2 aromatic rings. The first-order valence-corrected chi connectivity index (χ1v) is 18.5. The molecule has 4 aliphatic rings. The Bertz CT molecular complexity index is 1360. The van der Waals surface area contributed by atoms with Gasteiger partial charge in [0.15, 0.2) is 0 Å². The lowest BCUT2D eigenvalue weighted by Crippen LogP contribution is -2.46. The van der Waals surface area contributed by atoms with Crippen LogP contribution in [0, 0.1) is 5.92 Å². The highest BCUT2D eigenvalue weighted by Gasteiger charge is 2.36. The maximum Gasteiger partial charge on any atom is 0.421 e. The van der Waals surface area contributed by atoms with Crippen molar-refractivity contribution in [1.29, 1.82) is 0 Å². The minimum atomic E-state index is -4.59. The number of hydrogen-bond acceptors (Lipinski definition) is 7. The smallest absolute Gasteiger partial charge is 0.369 e. The normalized spacial score (nSPS) is 20.2. The van der Waals surface area contributed by atoms with Crippen molar-refractivity contribution in [3.8, 4) is 0 Å². The molecule has 264 valence electrons. The van der Waals surface area contributed by atoms with E-state index in [9.17, 15) is 18.0 Å². The Balaban J connectivity index is 1.08. The van der Waals surface area contributed by atoms with E-state index < -0.39 is 11.7 Å². The van der Waals surface area contributed by atoms with E-state index in [1.165, 1.54) is 49.9 Å². The van der Waals surface area contributed by atoms with Crippen LogP contribution < -0.4 is 10.6 Å². The quantitative estimate of drug-likeness (QED) is 0.189. The molecule has 6 rings (SSSR count). The van der Waals surface area contributed by atoms with Crippen molar-refractivity contribution >= 4 is 23.4 Å². The van der Waals surface area contributed by atoms with E-state index >= 15 is 0 Å². The number of aromatic nitrogens is 2. The molecule has 1 amide bonds. The van der Waals surface area contributed by atoms with Crippen molar-refractivity contribution in [3.05, 3.63) is 41.1 Å². The molecule has 1 aromatic carbocycles. The fraction of sp³-hybridized carbons (Fsp3) is 0.703. The molecular weight excluding hydrogens is 615 g/mol. The first-order valence-electron chi connectivity index (χ1n) is 18.5. The van der Waals surface area contributed by atoms with E-state index in [0.717, 1.165) is 63.5 Å². The maximum atomic E-state index is 14.0. The Morgan fingerprint density at radius 3 is 2.40 bits per heavy atom. The summed E-state index contributed by atoms with van der Waals surface area (Å²) in [6.45, 7) is 8.13. The van der Waals surface area contributed by atoms with Crippen LogP contribution in [0.3, 0.4) is 0 Å². The molecule has 2 saturated heterocycles. The summed E-state index contributed by atoms with van der Waals surface area (Å²) in [5.41, 5.74) is 2.56. The molecule has 8 nitrogen and oxygen atoms in total. The lowest BCUT2D eigenvalue weighted by molar-refractivity contribution is -0.137. The van der Waals surface area contributed by atoms with Gasteiger partial charge >= 0.3 is 6.18 Å². The lowest BCUT2D eigenvalue weighted by Gasteiger charge is -2.41. The maximum absolute atomic E-state index is 14.0. The number of rotatable bonds is 15. The van der Waals surface area contributed by atoms with Gasteiger partial charge in [0.2, 0.25) is 11.9 Å². The van der Waals surface area contributed by atoms with Gasteiger partial charge in [0.05, 0.1) is 0 Å². The Labute approximate surface area is 284 Å². The molecule has 11 heteroatoms. The average Bonchev–Trinajstić information content (AvgIpc) is 4.01. The fourth-order valence-corrected chi connectivity index (χ4v) is 7.54. The van der Waals surface area contributed by atoms with Crippen molar-refractivity contribution in [2.75, 3.05) is 63.5 Å². The van der Waals surface area contributed by atoms with Crippen molar-refractivity contribution in [1.82, 2.24) is 24.7 Å². The number of nitrogens with one attached hydrogen (secondary N) is 2. The van der Waals surface area contributed by atoms with Crippen LogP contribution in [0.1, 0.15) is 112 Å². The number of piperidine rings is 2. The largest absolute Gasteiger partial charge is 0.421 e. The first kappa shape index (κ1) is 34.9. The average molecular weight is 670 g/mol. The van der Waals surface area contributed by atoms with Gasteiger partial charge in [-0.1, -0.05) is 31.9 Å². The highest BCUT2D eigenvalue weighted by atomic mass is 19.4. The molecule has 0 spiro atoms. The monoisotopic (exact) mass is 669 g/mol. The Morgan fingerprint density at radius 1 is 0.979 bits per heavy atom. The number of carbonyl (C=O) groups excluding carboxylic acids is 1. The molecule has 3 heterocycles. The number of carbonyl (C=O) groups is 1. The van der Waals surface area contributed by atoms with Crippen LogP contribution >= 0.6 is 0 Å². The summed E-state index contributed by atoms with van der Waals surface area (Å²) in [7, 11) is 2.21. The first-order chi connectivity index (χ1) is 23.2. The van der Waals surface area contributed by atoms with Gasteiger partial charge in [-0.15, -0.1) is 0 Å². The van der Waals surface area contributed by atoms with Gasteiger partial charge < -0.3 is 25.3 Å². The van der Waals surface area contributed by atoms with Crippen molar-refractivity contribution < 1.29 is 18.0 Å². The summed E-state index contributed by atoms with van der Waals surface area (Å²) in [6.07, 6.45) is 8.65. The van der Waals surface area contributed by atoms with Crippen molar-refractivity contribution in [2.45, 2.75) is 108 Å². The SMILES string of the molecule is CCCN(CCCNc1nc(Nc2ccc(C3CCN(C4CCN(C)CC4)CC3)cc2C2CC2)ncc1C(F)(F)F)C(=O)CCC1CC1. The van der Waals surface area contributed by atoms with E-state index in [4.69, 9.17) is 0 Å². The molecule has 0 bridgehead atoms. The van der Waals surface area contributed by atoms with Gasteiger partial charge in [-0.3, -0.25) is 4.79 Å². The molecule has 1 aromatic heterocycles. The molecule has 4 fully saturated rings. The number of halogens is 3. The molecule has 0 radical (unpaired) electrons. The van der Waals surface area contributed by atoms with E-state index in [2.05, 4.69) is 55.6 Å². The van der Waals surface area contributed by atoms with Gasteiger partial charge in [0.1, 0.15) is 11.4 Å². The number of benzene rings is 1. The second kappa shape index (κ2) is 15.7. The van der Waals surface area contributed by atoms with Gasteiger partial charge in [-0.05, 0) is 126 Å². The van der Waals surface area contributed by atoms with Gasteiger partial charge in [-0.2, -0.15) is 18.2 Å². The Morgan fingerprint density at radius 2 is 1.73 bits per heavy atom. The molecule has 48 heavy (non-hydrogen) atoms. The number of likely N-dealkylation sites (tertiary alicyclic amines) is 2. The fourth-order valence-electron chi connectivity index (χ4n) is 7.54. The summed E-state index contributed by atoms with van der Waals surface area (Å²) >= 11 is 0. The predicted molar refractivity (Wildman–Crippen MR) is 185 cm³/mol. The highest BCUT2D eigenvalue weighted by molar-refractivity contribution is 5.76. The third kappa shape index (κ3) is 9.40. The van der Waals surface area contributed by atoms with Crippen LogP contribution in [0.2, 0.25) is 0 Å². The molecular formula is C37H54F3N7O. The van der Waals surface area contributed by atoms with Gasteiger partial charge in [0, 0.05) is 44.0 Å². The van der Waals surface area contributed by atoms with Crippen molar-refractivity contribution in [2.24, 2.45) is 5.92 Å². The zero-order valence-corrected chi connectivity index (χ0v) is 28.8. The van der Waals surface area contributed by atoms with Gasteiger partial charge in [-0.25, -0.2) is 4.98 Å². The summed E-state index contributed by atoms with van der Waals surface area (Å²) in [5, 5.41) is 6.19. The summed E-state index contributed by atoms with van der Waals surface area (Å²) < 4.78 is 41.9. The van der Waals surface area contributed by atoms with Crippen LogP contribution in [0.15, 0.2) is 24.4 Å². The van der Waals surface area contributed by atoms with Crippen molar-refractivity contribution in [3.63, 3.8) is 0 Å². The number of alkyl halides is 3. The third-order valence-electron chi connectivity index (χ3n) is 10.8. The molecule has 0 atom stereocenters. The highest BCUT2D eigenvalue weighted by Crippen LogP contribution is 2.46. The van der Waals surface area contributed by atoms with E-state index in [-0.39, 0.29) is 24.2 Å². The van der Waals surface area contributed by atoms with Crippen LogP contribution in [0.4, 0.5) is 30.6 Å².